The van der Waals surface area contributed by atoms with Gasteiger partial charge >= 0.3 is 5.97 Å². The molecule has 0 aliphatic carbocycles. The number of fused-ring (bicyclic) bond motifs is 1. The molecule has 0 saturated carbocycles. The number of hydrogen-bond donors (Lipinski definition) is 2. The summed E-state index contributed by atoms with van der Waals surface area (Å²) in [5, 5.41) is 11.6. The molecule has 0 unspecified atom stereocenters. The van der Waals surface area contributed by atoms with Crippen molar-refractivity contribution in [2.45, 2.75) is 25.8 Å². The standard InChI is InChI=1S/C28H28N4O3/c1-35-28(34)20-10-11-24-23(16-20)25(27(33)31-24)26(21-8-6-12-29-17-21)30-22-9-5-7-19(15-22)18-32-13-3-2-4-14-32/h5-12,15-17,31,33H,2-4,13-14,18H2,1H3. The highest BCUT2D eigenvalue weighted by Gasteiger charge is 2.20. The highest BCUT2D eigenvalue weighted by Crippen LogP contribution is 2.32. The molecule has 2 aromatic carbocycles. The molecule has 1 aliphatic heterocycles. The van der Waals surface area contributed by atoms with E-state index < -0.39 is 5.97 Å². The molecule has 7 nitrogen and oxygen atoms in total. The van der Waals surface area contributed by atoms with Crippen molar-refractivity contribution in [1.82, 2.24) is 14.9 Å². The molecular formula is C28H28N4O3. The number of rotatable bonds is 6. The van der Waals surface area contributed by atoms with Crippen LogP contribution >= 0.6 is 0 Å². The molecule has 4 aromatic rings. The number of aromatic amines is 1. The number of carbonyl (C=O) groups excluding carboxylic acids is 1. The first-order valence-corrected chi connectivity index (χ1v) is 11.9. The minimum absolute atomic E-state index is 0.0194. The van der Waals surface area contributed by atoms with Crippen LogP contribution in [-0.2, 0) is 11.3 Å². The van der Waals surface area contributed by atoms with Crippen molar-refractivity contribution in [2.75, 3.05) is 20.2 Å². The smallest absolute Gasteiger partial charge is 0.337 e. The van der Waals surface area contributed by atoms with E-state index >= 15 is 0 Å². The zero-order valence-electron chi connectivity index (χ0n) is 19.7. The number of H-pyrrole nitrogens is 1. The van der Waals surface area contributed by atoms with Gasteiger partial charge in [0.2, 0.25) is 0 Å². The normalized spacial score (nSPS) is 14.8. The number of ether oxygens (including phenoxy) is 1. The van der Waals surface area contributed by atoms with Crippen LogP contribution in [0.5, 0.6) is 5.88 Å². The third-order valence-corrected chi connectivity index (χ3v) is 6.38. The van der Waals surface area contributed by atoms with Crippen LogP contribution in [0.2, 0.25) is 0 Å². The Morgan fingerprint density at radius 2 is 1.94 bits per heavy atom. The van der Waals surface area contributed by atoms with Crippen molar-refractivity contribution in [2.24, 2.45) is 4.99 Å². The fraction of sp³-hybridized carbons (Fsp3) is 0.250. The van der Waals surface area contributed by atoms with Gasteiger partial charge in [-0.3, -0.25) is 9.88 Å². The first-order chi connectivity index (χ1) is 17.1. The second-order valence-electron chi connectivity index (χ2n) is 8.81. The van der Waals surface area contributed by atoms with E-state index in [9.17, 15) is 9.90 Å². The van der Waals surface area contributed by atoms with Gasteiger partial charge in [-0.25, -0.2) is 9.79 Å². The van der Waals surface area contributed by atoms with Gasteiger partial charge in [-0.2, -0.15) is 0 Å². The molecule has 1 fully saturated rings. The lowest BCUT2D eigenvalue weighted by Gasteiger charge is -2.26. The number of methoxy groups -OCH3 is 1. The van der Waals surface area contributed by atoms with Crippen molar-refractivity contribution >= 4 is 28.3 Å². The van der Waals surface area contributed by atoms with Gasteiger partial charge in [0.25, 0.3) is 0 Å². The number of pyridine rings is 1. The van der Waals surface area contributed by atoms with Gasteiger partial charge in [0.05, 0.1) is 29.6 Å². The van der Waals surface area contributed by atoms with Crippen molar-refractivity contribution in [3.63, 3.8) is 0 Å². The Balaban J connectivity index is 1.61. The van der Waals surface area contributed by atoms with Crippen LogP contribution in [0.25, 0.3) is 10.9 Å². The second-order valence-corrected chi connectivity index (χ2v) is 8.81. The Hall–Kier alpha value is -3.97. The lowest BCUT2D eigenvalue weighted by atomic mass is 10.0. The molecule has 1 saturated heterocycles. The molecule has 0 atom stereocenters. The van der Waals surface area contributed by atoms with Gasteiger partial charge in [-0.1, -0.05) is 18.6 Å². The van der Waals surface area contributed by atoms with E-state index in [4.69, 9.17) is 9.73 Å². The maximum Gasteiger partial charge on any atom is 0.337 e. The van der Waals surface area contributed by atoms with Crippen LogP contribution in [0.1, 0.15) is 46.3 Å². The van der Waals surface area contributed by atoms with Crippen LogP contribution in [0.4, 0.5) is 5.69 Å². The largest absolute Gasteiger partial charge is 0.494 e. The number of nitrogens with zero attached hydrogens (tertiary/aromatic N) is 3. The molecular weight excluding hydrogens is 440 g/mol. The van der Waals surface area contributed by atoms with Crippen molar-refractivity contribution in [3.8, 4) is 5.88 Å². The van der Waals surface area contributed by atoms with Crippen LogP contribution in [0.3, 0.4) is 0 Å². The molecule has 5 rings (SSSR count). The maximum absolute atomic E-state index is 12.2. The van der Waals surface area contributed by atoms with E-state index in [0.717, 1.165) is 30.9 Å². The number of esters is 1. The zero-order valence-corrected chi connectivity index (χ0v) is 19.7. The van der Waals surface area contributed by atoms with Gasteiger partial charge in [-0.05, 0) is 74.0 Å². The van der Waals surface area contributed by atoms with Crippen molar-refractivity contribution in [1.29, 1.82) is 0 Å². The third kappa shape index (κ3) is 4.95. The summed E-state index contributed by atoms with van der Waals surface area (Å²) in [6.07, 6.45) is 7.22. The van der Waals surface area contributed by atoms with Crippen LogP contribution in [0.15, 0.2) is 72.0 Å². The Labute approximate surface area is 204 Å². The Kier molecular flexibility index (Phi) is 6.59. The lowest BCUT2D eigenvalue weighted by Crippen LogP contribution is -2.28. The van der Waals surface area contributed by atoms with E-state index in [1.165, 1.54) is 31.9 Å². The number of aliphatic imine (C=N–C) groups is 1. The highest BCUT2D eigenvalue weighted by molar-refractivity contribution is 6.22. The molecule has 2 N–H and O–H groups in total. The minimum Gasteiger partial charge on any atom is -0.494 e. The summed E-state index contributed by atoms with van der Waals surface area (Å²) >= 11 is 0. The summed E-state index contributed by atoms with van der Waals surface area (Å²) < 4.78 is 4.89. The number of nitrogens with one attached hydrogen (secondary N) is 1. The summed E-state index contributed by atoms with van der Waals surface area (Å²) in [5.41, 5.74) is 4.92. The van der Waals surface area contributed by atoms with Gasteiger partial charge in [0, 0.05) is 35.4 Å². The number of benzene rings is 2. The predicted octanol–water partition coefficient (Wildman–Crippen LogP) is 5.21. The molecule has 1 aliphatic rings. The van der Waals surface area contributed by atoms with Gasteiger partial charge in [-0.15, -0.1) is 0 Å². The molecule has 2 aromatic heterocycles. The molecule has 178 valence electrons. The second kappa shape index (κ2) is 10.1. The van der Waals surface area contributed by atoms with E-state index in [1.807, 2.05) is 24.3 Å². The topological polar surface area (TPSA) is 90.8 Å². The predicted molar refractivity (Wildman–Crippen MR) is 136 cm³/mol. The number of hydrogen-bond acceptors (Lipinski definition) is 6. The lowest BCUT2D eigenvalue weighted by molar-refractivity contribution is 0.0601. The minimum atomic E-state index is -0.441. The summed E-state index contributed by atoms with van der Waals surface area (Å²) in [5.74, 6) is -0.460. The Morgan fingerprint density at radius 3 is 2.71 bits per heavy atom. The van der Waals surface area contributed by atoms with Crippen LogP contribution in [0, 0.1) is 0 Å². The van der Waals surface area contributed by atoms with E-state index in [2.05, 4.69) is 27.0 Å². The highest BCUT2D eigenvalue weighted by atomic mass is 16.5. The summed E-state index contributed by atoms with van der Waals surface area (Å²) in [4.78, 5) is 26.9. The van der Waals surface area contributed by atoms with E-state index in [1.54, 1.807) is 30.6 Å². The average molecular weight is 469 g/mol. The van der Waals surface area contributed by atoms with Gasteiger partial charge < -0.3 is 14.8 Å². The molecule has 7 heteroatoms. The Bertz CT molecular complexity index is 1370. The quantitative estimate of drug-likeness (QED) is 0.299. The Morgan fingerprint density at radius 1 is 1.09 bits per heavy atom. The first kappa shape index (κ1) is 22.8. The number of aromatic nitrogens is 2. The number of carbonyl (C=O) groups is 1. The maximum atomic E-state index is 12.2. The average Bonchev–Trinajstić information content (AvgIpc) is 3.23. The monoisotopic (exact) mass is 468 g/mol. The van der Waals surface area contributed by atoms with Crippen molar-refractivity contribution < 1.29 is 14.6 Å². The molecule has 0 amide bonds. The summed E-state index contributed by atoms with van der Waals surface area (Å²) in [7, 11) is 1.35. The molecule has 35 heavy (non-hydrogen) atoms. The van der Waals surface area contributed by atoms with Crippen molar-refractivity contribution in [3.05, 3.63) is 89.2 Å². The number of piperidine rings is 1. The molecule has 0 radical (unpaired) electrons. The molecule has 3 heterocycles. The third-order valence-electron chi connectivity index (χ3n) is 6.38. The number of likely N-dealkylation sites (tertiary alicyclic amines) is 1. The van der Waals surface area contributed by atoms with Crippen LogP contribution in [-0.4, -0.2) is 51.9 Å². The SMILES string of the molecule is COC(=O)c1ccc2[nH]c(O)c(C(=Nc3cccc(CN4CCCCC4)c3)c3cccnc3)c2c1. The van der Waals surface area contributed by atoms with Crippen LogP contribution < -0.4 is 0 Å². The molecule has 0 bridgehead atoms. The zero-order chi connectivity index (χ0) is 24.2. The van der Waals surface area contributed by atoms with E-state index in [0.29, 0.717) is 27.7 Å². The molecule has 0 spiro atoms. The summed E-state index contributed by atoms with van der Waals surface area (Å²) in [6.45, 7) is 3.15. The fourth-order valence-corrected chi connectivity index (χ4v) is 4.66. The van der Waals surface area contributed by atoms with E-state index in [-0.39, 0.29) is 5.88 Å². The summed E-state index contributed by atoms with van der Waals surface area (Å²) in [6, 6.07) is 17.1. The fourth-order valence-electron chi connectivity index (χ4n) is 4.66. The van der Waals surface area contributed by atoms with Gasteiger partial charge in [0.1, 0.15) is 0 Å². The number of aromatic hydroxyl groups is 1. The first-order valence-electron chi connectivity index (χ1n) is 11.9. The van der Waals surface area contributed by atoms with Gasteiger partial charge in [0.15, 0.2) is 5.88 Å².